The smallest absolute Gasteiger partial charge is 0.272 e. The summed E-state index contributed by atoms with van der Waals surface area (Å²) in [5.74, 6) is -0.229. The minimum atomic E-state index is -3.47. The topological polar surface area (TPSA) is 56.3 Å². The summed E-state index contributed by atoms with van der Waals surface area (Å²) in [5.41, 5.74) is 0.409. The van der Waals surface area contributed by atoms with Crippen LogP contribution in [0.3, 0.4) is 0 Å². The van der Waals surface area contributed by atoms with Crippen LogP contribution in [0.4, 0.5) is 0 Å². The fourth-order valence-electron chi connectivity index (χ4n) is 0.589. The maximum absolute atomic E-state index is 10.9. The van der Waals surface area contributed by atoms with Crippen LogP contribution in [0.25, 0.3) is 0 Å². The number of thiazole rings is 1. The Balaban J connectivity index is 2.77. The number of aromatic nitrogens is 1. The number of hydrogen-bond donors (Lipinski definition) is 0. The molecular formula is C5H6ClNO3S2. The van der Waals surface area contributed by atoms with Crippen LogP contribution in [-0.4, -0.2) is 20.5 Å². The summed E-state index contributed by atoms with van der Waals surface area (Å²) in [4.78, 5) is 3.77. The second-order valence-corrected chi connectivity index (χ2v) is 5.14. The summed E-state index contributed by atoms with van der Waals surface area (Å²) >= 11 is 6.69. The van der Waals surface area contributed by atoms with Gasteiger partial charge in [-0.25, -0.2) is 4.98 Å². The zero-order valence-electron chi connectivity index (χ0n) is 6.15. The van der Waals surface area contributed by atoms with Crippen LogP contribution in [0.15, 0.2) is 5.38 Å². The Hall–Kier alpha value is -0.170. The molecule has 0 aliphatic heterocycles. The summed E-state index contributed by atoms with van der Waals surface area (Å²) in [5, 5.41) is 1.58. The minimum absolute atomic E-state index is 0.229. The molecule has 0 aliphatic rings. The van der Waals surface area contributed by atoms with Crippen LogP contribution in [0, 0.1) is 0 Å². The molecule has 0 unspecified atom stereocenters. The molecule has 1 rings (SSSR count). The molecule has 0 fully saturated rings. The van der Waals surface area contributed by atoms with Crippen LogP contribution in [0.5, 0.6) is 0 Å². The van der Waals surface area contributed by atoms with Crippen LogP contribution < -0.4 is 0 Å². The third kappa shape index (κ3) is 2.71. The number of halogens is 1. The van der Waals surface area contributed by atoms with Gasteiger partial charge < -0.3 is 0 Å². The lowest BCUT2D eigenvalue weighted by atomic mass is 10.6. The summed E-state index contributed by atoms with van der Waals surface area (Å²) in [6.07, 6.45) is 0. The highest BCUT2D eigenvalue weighted by molar-refractivity contribution is 7.85. The zero-order valence-corrected chi connectivity index (χ0v) is 8.54. The number of rotatable bonds is 3. The van der Waals surface area contributed by atoms with Crippen molar-refractivity contribution in [3.05, 3.63) is 15.5 Å². The van der Waals surface area contributed by atoms with Gasteiger partial charge in [0.1, 0.15) is 5.75 Å². The van der Waals surface area contributed by atoms with Gasteiger partial charge in [0.05, 0.1) is 12.8 Å². The first kappa shape index (κ1) is 9.91. The van der Waals surface area contributed by atoms with Crippen molar-refractivity contribution in [1.82, 2.24) is 4.98 Å². The van der Waals surface area contributed by atoms with Crippen LogP contribution in [-0.2, 0) is 20.1 Å². The van der Waals surface area contributed by atoms with Crippen molar-refractivity contribution < 1.29 is 12.6 Å². The molecule has 0 atom stereocenters. The monoisotopic (exact) mass is 227 g/mol. The largest absolute Gasteiger partial charge is 0.273 e. The van der Waals surface area contributed by atoms with E-state index in [2.05, 4.69) is 9.17 Å². The van der Waals surface area contributed by atoms with Crippen LogP contribution in [0.2, 0.25) is 4.47 Å². The van der Waals surface area contributed by atoms with E-state index in [-0.39, 0.29) is 5.75 Å². The molecule has 1 heterocycles. The zero-order chi connectivity index (χ0) is 9.19. The summed E-state index contributed by atoms with van der Waals surface area (Å²) in [6, 6.07) is 0. The Labute approximate surface area is 79.3 Å². The van der Waals surface area contributed by atoms with Gasteiger partial charge in [-0.1, -0.05) is 11.6 Å². The van der Waals surface area contributed by atoms with E-state index in [1.165, 1.54) is 11.3 Å². The molecule has 0 spiro atoms. The third-order valence-corrected chi connectivity index (χ3v) is 3.29. The SMILES string of the molecule is COS(=O)(=O)Cc1csc(Cl)n1. The molecule has 1 aromatic rings. The molecule has 0 bridgehead atoms. The van der Waals surface area contributed by atoms with Gasteiger partial charge >= 0.3 is 0 Å². The highest BCUT2D eigenvalue weighted by Crippen LogP contribution is 2.16. The molecule has 0 radical (unpaired) electrons. The lowest BCUT2D eigenvalue weighted by molar-refractivity contribution is 0.396. The first-order valence-corrected chi connectivity index (χ1v) is 5.75. The van der Waals surface area contributed by atoms with Gasteiger partial charge in [0.25, 0.3) is 10.1 Å². The highest BCUT2D eigenvalue weighted by Gasteiger charge is 2.12. The molecule has 0 saturated carbocycles. The van der Waals surface area contributed by atoms with E-state index in [1.54, 1.807) is 5.38 Å². The number of nitrogens with zero attached hydrogens (tertiary/aromatic N) is 1. The van der Waals surface area contributed by atoms with Gasteiger partial charge in [0.15, 0.2) is 4.47 Å². The average Bonchev–Trinajstić information content (AvgIpc) is 2.35. The predicted molar refractivity (Wildman–Crippen MR) is 46.8 cm³/mol. The van der Waals surface area contributed by atoms with Gasteiger partial charge in [-0.3, -0.25) is 4.18 Å². The Kier molecular flexibility index (Phi) is 3.05. The summed E-state index contributed by atoms with van der Waals surface area (Å²) in [6.45, 7) is 0. The molecule has 0 saturated heterocycles. The second-order valence-electron chi connectivity index (χ2n) is 1.96. The van der Waals surface area contributed by atoms with E-state index in [9.17, 15) is 8.42 Å². The quantitative estimate of drug-likeness (QED) is 0.730. The molecular weight excluding hydrogens is 222 g/mol. The predicted octanol–water partition coefficient (Wildman–Crippen LogP) is 1.27. The summed E-state index contributed by atoms with van der Waals surface area (Å²) in [7, 11) is -2.36. The standard InChI is InChI=1S/C5H6ClNO3S2/c1-10-12(8,9)3-4-2-11-5(6)7-4/h2H,3H2,1H3. The first-order chi connectivity index (χ1) is 5.53. The molecule has 4 nitrogen and oxygen atoms in total. The minimum Gasteiger partial charge on any atom is -0.273 e. The van der Waals surface area contributed by atoms with Crippen molar-refractivity contribution in [2.45, 2.75) is 5.75 Å². The normalized spacial score (nSPS) is 11.8. The van der Waals surface area contributed by atoms with Gasteiger partial charge in [0.2, 0.25) is 0 Å². The molecule has 0 N–H and O–H groups in total. The Bertz CT molecular complexity index is 359. The average molecular weight is 228 g/mol. The number of hydrogen-bond acceptors (Lipinski definition) is 5. The van der Waals surface area contributed by atoms with Crippen molar-refractivity contribution in [3.8, 4) is 0 Å². The highest BCUT2D eigenvalue weighted by atomic mass is 35.5. The Morgan fingerprint density at radius 3 is 2.83 bits per heavy atom. The van der Waals surface area contributed by atoms with Crippen LogP contribution in [0.1, 0.15) is 5.69 Å². The first-order valence-electron chi connectivity index (χ1n) is 2.92. The molecule has 7 heteroatoms. The fraction of sp³-hybridized carbons (Fsp3) is 0.400. The van der Waals surface area contributed by atoms with E-state index in [0.717, 1.165) is 7.11 Å². The fourth-order valence-corrected chi connectivity index (χ4v) is 2.10. The summed E-state index contributed by atoms with van der Waals surface area (Å²) < 4.78 is 26.3. The van der Waals surface area contributed by atoms with Crippen molar-refractivity contribution >= 4 is 33.1 Å². The van der Waals surface area contributed by atoms with Crippen molar-refractivity contribution in [1.29, 1.82) is 0 Å². The maximum atomic E-state index is 10.9. The van der Waals surface area contributed by atoms with E-state index >= 15 is 0 Å². The van der Waals surface area contributed by atoms with Gasteiger partial charge in [0, 0.05) is 5.38 Å². The van der Waals surface area contributed by atoms with E-state index in [0.29, 0.717) is 10.2 Å². The van der Waals surface area contributed by atoms with E-state index < -0.39 is 10.1 Å². The van der Waals surface area contributed by atoms with Crippen molar-refractivity contribution in [2.24, 2.45) is 0 Å². The lowest BCUT2D eigenvalue weighted by Gasteiger charge is -1.96. The second kappa shape index (κ2) is 3.69. The molecule has 1 aromatic heterocycles. The molecule has 0 aromatic carbocycles. The Morgan fingerprint density at radius 1 is 1.75 bits per heavy atom. The van der Waals surface area contributed by atoms with Crippen molar-refractivity contribution in [2.75, 3.05) is 7.11 Å². The van der Waals surface area contributed by atoms with Crippen LogP contribution >= 0.6 is 22.9 Å². The molecule has 12 heavy (non-hydrogen) atoms. The molecule has 0 aliphatic carbocycles. The van der Waals surface area contributed by atoms with E-state index in [1.807, 2.05) is 0 Å². The Morgan fingerprint density at radius 2 is 2.42 bits per heavy atom. The van der Waals surface area contributed by atoms with Gasteiger partial charge in [-0.05, 0) is 0 Å². The lowest BCUT2D eigenvalue weighted by Crippen LogP contribution is -2.05. The van der Waals surface area contributed by atoms with Crippen molar-refractivity contribution in [3.63, 3.8) is 0 Å². The third-order valence-electron chi connectivity index (χ3n) is 1.10. The molecule has 68 valence electrons. The maximum Gasteiger partial charge on any atom is 0.272 e. The molecule has 0 amide bonds. The van der Waals surface area contributed by atoms with Gasteiger partial charge in [-0.15, -0.1) is 11.3 Å². The van der Waals surface area contributed by atoms with Gasteiger partial charge in [-0.2, -0.15) is 8.42 Å². The van der Waals surface area contributed by atoms with E-state index in [4.69, 9.17) is 11.6 Å².